The summed E-state index contributed by atoms with van der Waals surface area (Å²) in [5.41, 5.74) is 1.62. The van der Waals surface area contributed by atoms with Gasteiger partial charge in [-0.3, -0.25) is 4.72 Å². The molecule has 0 aliphatic carbocycles. The van der Waals surface area contributed by atoms with Crippen LogP contribution in [-0.4, -0.2) is 14.5 Å². The zero-order valence-electron chi connectivity index (χ0n) is 12.3. The lowest BCUT2D eigenvalue weighted by Gasteiger charge is -2.11. The maximum absolute atomic E-state index is 12.3. The van der Waals surface area contributed by atoms with E-state index in [-0.39, 0.29) is 11.0 Å². The fraction of sp³-hybridized carbons (Fsp3) is 0.250. The minimum Gasteiger partial charge on any atom is -0.491 e. The molecular formula is C16H19NO3S. The van der Waals surface area contributed by atoms with Crippen molar-refractivity contribution >= 4 is 15.7 Å². The summed E-state index contributed by atoms with van der Waals surface area (Å²) in [6, 6.07) is 13.6. The number of sulfonamides is 1. The lowest BCUT2D eigenvalue weighted by molar-refractivity contribution is 0.242. The Morgan fingerprint density at radius 2 is 1.52 bits per heavy atom. The van der Waals surface area contributed by atoms with Crippen molar-refractivity contribution in [1.82, 2.24) is 0 Å². The second-order valence-electron chi connectivity index (χ2n) is 5.11. The third-order valence-corrected chi connectivity index (χ3v) is 4.21. The molecule has 0 heterocycles. The Balaban J connectivity index is 2.17. The molecule has 2 rings (SSSR count). The minimum atomic E-state index is -3.58. The summed E-state index contributed by atoms with van der Waals surface area (Å²) in [4.78, 5) is 0.208. The van der Waals surface area contributed by atoms with Gasteiger partial charge in [-0.05, 0) is 57.2 Å². The van der Waals surface area contributed by atoms with Gasteiger partial charge < -0.3 is 4.74 Å². The molecule has 5 heteroatoms. The van der Waals surface area contributed by atoms with E-state index in [0.29, 0.717) is 11.4 Å². The second kappa shape index (κ2) is 6.18. The van der Waals surface area contributed by atoms with E-state index in [4.69, 9.17) is 4.74 Å². The highest BCUT2D eigenvalue weighted by atomic mass is 32.2. The van der Waals surface area contributed by atoms with Crippen molar-refractivity contribution in [3.8, 4) is 5.75 Å². The number of aryl methyl sites for hydroxylation is 1. The average molecular weight is 305 g/mol. The Bertz CT molecular complexity index is 689. The Hall–Kier alpha value is -2.01. The molecular weight excluding hydrogens is 286 g/mol. The van der Waals surface area contributed by atoms with Crippen molar-refractivity contribution in [1.29, 1.82) is 0 Å². The van der Waals surface area contributed by atoms with E-state index in [2.05, 4.69) is 4.72 Å². The quantitative estimate of drug-likeness (QED) is 0.918. The zero-order valence-corrected chi connectivity index (χ0v) is 13.1. The third-order valence-electron chi connectivity index (χ3n) is 2.81. The van der Waals surface area contributed by atoms with E-state index < -0.39 is 10.0 Å². The Morgan fingerprint density at radius 3 is 2.05 bits per heavy atom. The van der Waals surface area contributed by atoms with Crippen LogP contribution in [0.2, 0.25) is 0 Å². The third kappa shape index (κ3) is 4.23. The molecule has 1 N–H and O–H groups in total. The highest BCUT2D eigenvalue weighted by Crippen LogP contribution is 2.20. The van der Waals surface area contributed by atoms with Crippen molar-refractivity contribution in [2.75, 3.05) is 4.72 Å². The summed E-state index contributed by atoms with van der Waals surface area (Å²) in [6.45, 7) is 5.79. The van der Waals surface area contributed by atoms with E-state index in [1.807, 2.05) is 32.9 Å². The SMILES string of the molecule is Cc1ccc(NS(=O)(=O)c2ccc(OC(C)C)cc2)cc1. The highest BCUT2D eigenvalue weighted by molar-refractivity contribution is 7.92. The topological polar surface area (TPSA) is 55.4 Å². The van der Waals surface area contributed by atoms with Crippen LogP contribution in [0.5, 0.6) is 5.75 Å². The summed E-state index contributed by atoms with van der Waals surface area (Å²) >= 11 is 0. The number of ether oxygens (including phenoxy) is 1. The van der Waals surface area contributed by atoms with Crippen LogP contribution in [0.15, 0.2) is 53.4 Å². The summed E-state index contributed by atoms with van der Waals surface area (Å²) in [5, 5.41) is 0. The molecule has 0 spiro atoms. The van der Waals surface area contributed by atoms with Gasteiger partial charge in [0.2, 0.25) is 0 Å². The minimum absolute atomic E-state index is 0.0538. The molecule has 21 heavy (non-hydrogen) atoms. The maximum atomic E-state index is 12.3. The molecule has 0 aromatic heterocycles. The highest BCUT2D eigenvalue weighted by Gasteiger charge is 2.14. The molecule has 4 nitrogen and oxygen atoms in total. The zero-order chi connectivity index (χ0) is 15.5. The second-order valence-corrected chi connectivity index (χ2v) is 6.79. The number of rotatable bonds is 5. The largest absolute Gasteiger partial charge is 0.491 e. The summed E-state index contributed by atoms with van der Waals surface area (Å²) in [7, 11) is -3.58. The number of hydrogen-bond donors (Lipinski definition) is 1. The van der Waals surface area contributed by atoms with Gasteiger partial charge in [-0.15, -0.1) is 0 Å². The Labute approximate surface area is 125 Å². The molecule has 2 aromatic rings. The van der Waals surface area contributed by atoms with E-state index in [9.17, 15) is 8.42 Å². The molecule has 0 amide bonds. The standard InChI is InChI=1S/C16H19NO3S/c1-12(2)20-15-8-10-16(11-9-15)21(18,19)17-14-6-4-13(3)5-7-14/h4-12,17H,1-3H3. The predicted molar refractivity (Wildman–Crippen MR) is 84.2 cm³/mol. The first-order valence-electron chi connectivity index (χ1n) is 6.73. The lowest BCUT2D eigenvalue weighted by Crippen LogP contribution is -2.13. The van der Waals surface area contributed by atoms with Gasteiger partial charge in [0, 0.05) is 5.69 Å². The van der Waals surface area contributed by atoms with Crippen LogP contribution < -0.4 is 9.46 Å². The molecule has 0 aliphatic rings. The predicted octanol–water partition coefficient (Wildman–Crippen LogP) is 3.58. The van der Waals surface area contributed by atoms with Gasteiger partial charge in [0.1, 0.15) is 5.75 Å². The molecule has 0 saturated heterocycles. The van der Waals surface area contributed by atoms with Crippen LogP contribution in [0.25, 0.3) is 0 Å². The molecule has 0 fully saturated rings. The number of anilines is 1. The van der Waals surface area contributed by atoms with Crippen molar-refractivity contribution in [2.45, 2.75) is 31.8 Å². The van der Waals surface area contributed by atoms with Crippen LogP contribution in [0.1, 0.15) is 19.4 Å². The monoisotopic (exact) mass is 305 g/mol. The van der Waals surface area contributed by atoms with Gasteiger partial charge in [0.15, 0.2) is 0 Å². The lowest BCUT2D eigenvalue weighted by atomic mass is 10.2. The van der Waals surface area contributed by atoms with Crippen LogP contribution in [0, 0.1) is 6.92 Å². The van der Waals surface area contributed by atoms with Crippen molar-refractivity contribution < 1.29 is 13.2 Å². The van der Waals surface area contributed by atoms with Gasteiger partial charge in [-0.1, -0.05) is 17.7 Å². The molecule has 0 atom stereocenters. The van der Waals surface area contributed by atoms with Gasteiger partial charge in [0.25, 0.3) is 10.0 Å². The summed E-state index contributed by atoms with van der Waals surface area (Å²) in [5.74, 6) is 0.652. The van der Waals surface area contributed by atoms with Crippen LogP contribution >= 0.6 is 0 Å². The maximum Gasteiger partial charge on any atom is 0.261 e. The summed E-state index contributed by atoms with van der Waals surface area (Å²) < 4.78 is 32.6. The van der Waals surface area contributed by atoms with Crippen molar-refractivity contribution in [3.05, 3.63) is 54.1 Å². The number of nitrogens with one attached hydrogen (secondary N) is 1. The number of benzene rings is 2. The van der Waals surface area contributed by atoms with Gasteiger partial charge in [-0.2, -0.15) is 0 Å². The molecule has 0 radical (unpaired) electrons. The van der Waals surface area contributed by atoms with E-state index in [0.717, 1.165) is 5.56 Å². The van der Waals surface area contributed by atoms with E-state index in [1.54, 1.807) is 24.3 Å². The molecule has 0 aliphatic heterocycles. The van der Waals surface area contributed by atoms with Gasteiger partial charge in [0.05, 0.1) is 11.0 Å². The molecule has 0 saturated carbocycles. The van der Waals surface area contributed by atoms with Gasteiger partial charge in [-0.25, -0.2) is 8.42 Å². The smallest absolute Gasteiger partial charge is 0.261 e. The molecule has 2 aromatic carbocycles. The first-order chi connectivity index (χ1) is 9.87. The summed E-state index contributed by atoms with van der Waals surface area (Å²) in [6.07, 6.45) is 0.0538. The van der Waals surface area contributed by atoms with Gasteiger partial charge >= 0.3 is 0 Å². The average Bonchev–Trinajstić information content (AvgIpc) is 2.41. The normalized spacial score (nSPS) is 11.4. The molecule has 0 unspecified atom stereocenters. The fourth-order valence-electron chi connectivity index (χ4n) is 1.81. The Kier molecular flexibility index (Phi) is 4.53. The Morgan fingerprint density at radius 1 is 0.952 bits per heavy atom. The first-order valence-corrected chi connectivity index (χ1v) is 8.21. The van der Waals surface area contributed by atoms with Crippen molar-refractivity contribution in [2.24, 2.45) is 0 Å². The fourth-order valence-corrected chi connectivity index (χ4v) is 2.86. The van der Waals surface area contributed by atoms with E-state index >= 15 is 0 Å². The van der Waals surface area contributed by atoms with Crippen LogP contribution in [-0.2, 0) is 10.0 Å². The molecule has 0 bridgehead atoms. The number of hydrogen-bond acceptors (Lipinski definition) is 3. The first kappa shape index (κ1) is 15.4. The molecule has 112 valence electrons. The van der Waals surface area contributed by atoms with Crippen LogP contribution in [0.3, 0.4) is 0 Å². The van der Waals surface area contributed by atoms with Crippen molar-refractivity contribution in [3.63, 3.8) is 0 Å². The van der Waals surface area contributed by atoms with E-state index in [1.165, 1.54) is 12.1 Å². The van der Waals surface area contributed by atoms with Crippen LogP contribution in [0.4, 0.5) is 5.69 Å².